The largest absolute Gasteiger partial charge is 0.367 e. The highest BCUT2D eigenvalue weighted by molar-refractivity contribution is 7.99. The van der Waals surface area contributed by atoms with Crippen molar-refractivity contribution < 1.29 is 4.79 Å². The molecule has 0 radical (unpaired) electrons. The number of amides is 1. The standard InChI is InChI=1S/C15H23N3OS/c1-12(20-2)11-15(19)18-9-6-13(7-10-18)17-14-5-3-4-8-16-14/h3-5,8,12-13H,6-7,9-11H2,1-2H3,(H,16,17). The molecule has 0 aromatic carbocycles. The summed E-state index contributed by atoms with van der Waals surface area (Å²) >= 11 is 1.75. The van der Waals surface area contributed by atoms with Crippen LogP contribution in [0.1, 0.15) is 26.2 Å². The SMILES string of the molecule is CSC(C)CC(=O)N1CCC(Nc2ccccn2)CC1. The second kappa shape index (κ2) is 7.53. The van der Waals surface area contributed by atoms with Crippen molar-refractivity contribution in [1.82, 2.24) is 9.88 Å². The summed E-state index contributed by atoms with van der Waals surface area (Å²) in [5, 5.41) is 3.85. The van der Waals surface area contributed by atoms with E-state index in [-0.39, 0.29) is 0 Å². The number of piperidine rings is 1. The van der Waals surface area contributed by atoms with E-state index >= 15 is 0 Å². The third-order valence-electron chi connectivity index (χ3n) is 3.73. The van der Waals surface area contributed by atoms with Crippen LogP contribution in [0.4, 0.5) is 5.82 Å². The van der Waals surface area contributed by atoms with Gasteiger partial charge in [-0.1, -0.05) is 13.0 Å². The summed E-state index contributed by atoms with van der Waals surface area (Å²) in [6.45, 7) is 3.81. The Hall–Kier alpha value is -1.23. The summed E-state index contributed by atoms with van der Waals surface area (Å²) in [5.74, 6) is 1.22. The Morgan fingerprint density at radius 3 is 2.85 bits per heavy atom. The first-order chi connectivity index (χ1) is 9.69. The first-order valence-corrected chi connectivity index (χ1v) is 8.46. The maximum atomic E-state index is 12.1. The molecule has 4 nitrogen and oxygen atoms in total. The Bertz CT molecular complexity index is 418. The van der Waals surface area contributed by atoms with Gasteiger partial charge in [-0.05, 0) is 31.2 Å². The van der Waals surface area contributed by atoms with Crippen LogP contribution in [-0.2, 0) is 4.79 Å². The van der Waals surface area contributed by atoms with Gasteiger partial charge in [0, 0.05) is 37.0 Å². The van der Waals surface area contributed by atoms with Crippen molar-refractivity contribution in [2.24, 2.45) is 0 Å². The zero-order valence-corrected chi connectivity index (χ0v) is 13.0. The van der Waals surface area contributed by atoms with Gasteiger partial charge in [0.05, 0.1) is 0 Å². The number of pyridine rings is 1. The van der Waals surface area contributed by atoms with Crippen molar-refractivity contribution in [3.05, 3.63) is 24.4 Å². The molecule has 1 atom stereocenters. The molecule has 1 aromatic rings. The minimum Gasteiger partial charge on any atom is -0.367 e. The van der Waals surface area contributed by atoms with Crippen LogP contribution >= 0.6 is 11.8 Å². The smallest absolute Gasteiger partial charge is 0.223 e. The molecule has 1 saturated heterocycles. The molecule has 0 spiro atoms. The Morgan fingerprint density at radius 1 is 1.50 bits per heavy atom. The third kappa shape index (κ3) is 4.40. The van der Waals surface area contributed by atoms with Gasteiger partial charge in [0.25, 0.3) is 0 Å². The van der Waals surface area contributed by atoms with Crippen LogP contribution in [0.25, 0.3) is 0 Å². The van der Waals surface area contributed by atoms with E-state index in [0.29, 0.717) is 23.6 Å². The maximum Gasteiger partial charge on any atom is 0.223 e. The average Bonchev–Trinajstić information content (AvgIpc) is 2.49. The van der Waals surface area contributed by atoms with Crippen LogP contribution in [0, 0.1) is 0 Å². The average molecular weight is 293 g/mol. The summed E-state index contributed by atoms with van der Waals surface area (Å²) in [7, 11) is 0. The molecule has 0 saturated carbocycles. The van der Waals surface area contributed by atoms with E-state index < -0.39 is 0 Å². The molecule has 5 heteroatoms. The predicted molar refractivity (Wildman–Crippen MR) is 85.1 cm³/mol. The van der Waals surface area contributed by atoms with Gasteiger partial charge >= 0.3 is 0 Å². The summed E-state index contributed by atoms with van der Waals surface area (Å²) in [6.07, 6.45) is 6.50. The van der Waals surface area contributed by atoms with Crippen molar-refractivity contribution in [2.45, 2.75) is 37.5 Å². The summed E-state index contributed by atoms with van der Waals surface area (Å²) < 4.78 is 0. The molecule has 1 N–H and O–H groups in total. The Labute approximate surface area is 125 Å². The molecule has 1 aliphatic rings. The molecule has 1 amide bonds. The van der Waals surface area contributed by atoms with Crippen molar-refractivity contribution in [1.29, 1.82) is 0 Å². The molecular weight excluding hydrogens is 270 g/mol. The summed E-state index contributed by atoms with van der Waals surface area (Å²) in [6, 6.07) is 6.31. The number of likely N-dealkylation sites (tertiary alicyclic amines) is 1. The normalized spacial score (nSPS) is 17.8. The van der Waals surface area contributed by atoms with Gasteiger partial charge in [0.2, 0.25) is 5.91 Å². The minimum atomic E-state index is 0.295. The predicted octanol–water partition coefficient (Wildman–Crippen LogP) is 2.63. The quantitative estimate of drug-likeness (QED) is 0.906. The van der Waals surface area contributed by atoms with Crippen molar-refractivity contribution in [2.75, 3.05) is 24.7 Å². The monoisotopic (exact) mass is 293 g/mol. The summed E-state index contributed by atoms with van der Waals surface area (Å²) in [5.41, 5.74) is 0. The van der Waals surface area contributed by atoms with Gasteiger partial charge in [-0.2, -0.15) is 11.8 Å². The molecule has 1 aromatic heterocycles. The zero-order valence-electron chi connectivity index (χ0n) is 12.2. The first kappa shape index (κ1) is 15.2. The number of carbonyl (C=O) groups excluding carboxylic acids is 1. The second-order valence-electron chi connectivity index (χ2n) is 5.26. The molecule has 2 heterocycles. The van der Waals surface area contributed by atoms with Crippen molar-refractivity contribution >= 4 is 23.5 Å². The van der Waals surface area contributed by atoms with Crippen LogP contribution in [0.3, 0.4) is 0 Å². The topological polar surface area (TPSA) is 45.2 Å². The van der Waals surface area contributed by atoms with Gasteiger partial charge < -0.3 is 10.2 Å². The van der Waals surface area contributed by atoms with E-state index in [1.807, 2.05) is 23.1 Å². The lowest BCUT2D eigenvalue weighted by Crippen LogP contribution is -2.43. The lowest BCUT2D eigenvalue weighted by molar-refractivity contribution is -0.132. The van der Waals surface area contributed by atoms with Gasteiger partial charge in [-0.25, -0.2) is 4.98 Å². The van der Waals surface area contributed by atoms with E-state index in [2.05, 4.69) is 23.5 Å². The Kier molecular flexibility index (Phi) is 5.71. The number of anilines is 1. The maximum absolute atomic E-state index is 12.1. The number of hydrogen-bond acceptors (Lipinski definition) is 4. The number of nitrogens with zero attached hydrogens (tertiary/aromatic N) is 2. The van der Waals surface area contributed by atoms with Crippen LogP contribution in [-0.4, -0.2) is 46.4 Å². The third-order valence-corrected chi connectivity index (χ3v) is 4.70. The van der Waals surface area contributed by atoms with Crippen LogP contribution in [0.2, 0.25) is 0 Å². The number of nitrogens with one attached hydrogen (secondary N) is 1. The highest BCUT2D eigenvalue weighted by Crippen LogP contribution is 2.18. The molecule has 0 aliphatic carbocycles. The molecular formula is C15H23N3OS. The summed E-state index contributed by atoms with van der Waals surface area (Å²) in [4.78, 5) is 18.4. The van der Waals surface area contributed by atoms with E-state index in [4.69, 9.17) is 0 Å². The fourth-order valence-corrected chi connectivity index (χ4v) is 2.70. The van der Waals surface area contributed by atoms with E-state index in [0.717, 1.165) is 31.7 Å². The van der Waals surface area contributed by atoms with Crippen LogP contribution in [0.15, 0.2) is 24.4 Å². The number of aromatic nitrogens is 1. The molecule has 1 unspecified atom stereocenters. The number of rotatable bonds is 5. The molecule has 2 rings (SSSR count). The van der Waals surface area contributed by atoms with Gasteiger partial charge in [-0.15, -0.1) is 0 Å². The van der Waals surface area contributed by atoms with Gasteiger partial charge in [0.1, 0.15) is 5.82 Å². The van der Waals surface area contributed by atoms with Gasteiger partial charge in [0.15, 0.2) is 0 Å². The molecule has 110 valence electrons. The number of hydrogen-bond donors (Lipinski definition) is 1. The molecule has 0 bridgehead atoms. The fourth-order valence-electron chi connectivity index (χ4n) is 2.39. The molecule has 20 heavy (non-hydrogen) atoms. The van der Waals surface area contributed by atoms with E-state index in [1.165, 1.54) is 0 Å². The Balaban J connectivity index is 1.76. The van der Waals surface area contributed by atoms with E-state index in [1.54, 1.807) is 18.0 Å². The number of carbonyl (C=O) groups is 1. The van der Waals surface area contributed by atoms with Crippen LogP contribution < -0.4 is 5.32 Å². The highest BCUT2D eigenvalue weighted by Gasteiger charge is 2.23. The fraction of sp³-hybridized carbons (Fsp3) is 0.600. The number of thioether (sulfide) groups is 1. The van der Waals surface area contributed by atoms with Crippen molar-refractivity contribution in [3.8, 4) is 0 Å². The van der Waals surface area contributed by atoms with Gasteiger partial charge in [-0.3, -0.25) is 4.79 Å². The zero-order chi connectivity index (χ0) is 14.4. The second-order valence-corrected chi connectivity index (χ2v) is 6.54. The molecule has 1 fully saturated rings. The lowest BCUT2D eigenvalue weighted by Gasteiger charge is -2.33. The minimum absolute atomic E-state index is 0.295. The highest BCUT2D eigenvalue weighted by atomic mass is 32.2. The molecule has 1 aliphatic heterocycles. The Morgan fingerprint density at radius 2 is 2.25 bits per heavy atom. The van der Waals surface area contributed by atoms with Crippen LogP contribution in [0.5, 0.6) is 0 Å². The lowest BCUT2D eigenvalue weighted by atomic mass is 10.0. The van der Waals surface area contributed by atoms with E-state index in [9.17, 15) is 4.79 Å². The van der Waals surface area contributed by atoms with Crippen molar-refractivity contribution in [3.63, 3.8) is 0 Å². The first-order valence-electron chi connectivity index (χ1n) is 7.17.